The van der Waals surface area contributed by atoms with Gasteiger partial charge in [0.2, 0.25) is 0 Å². The van der Waals surface area contributed by atoms with Crippen LogP contribution in [0.2, 0.25) is 0 Å². The molecular formula is C12H17N3S. The van der Waals surface area contributed by atoms with E-state index in [0.717, 1.165) is 5.69 Å². The number of pyridine rings is 1. The predicted molar refractivity (Wildman–Crippen MR) is 70.6 cm³/mol. The van der Waals surface area contributed by atoms with Gasteiger partial charge in [0.1, 0.15) is 10.7 Å². The molecule has 0 aliphatic heterocycles. The van der Waals surface area contributed by atoms with Crippen molar-refractivity contribution >= 4 is 22.9 Å². The van der Waals surface area contributed by atoms with Crippen LogP contribution in [0.4, 0.5) is 5.69 Å². The van der Waals surface area contributed by atoms with Crippen LogP contribution in [0.1, 0.15) is 31.9 Å². The monoisotopic (exact) mass is 235 g/mol. The Hall–Kier alpha value is -1.16. The summed E-state index contributed by atoms with van der Waals surface area (Å²) in [4.78, 5) is 4.57. The molecule has 1 aromatic rings. The van der Waals surface area contributed by atoms with Crippen molar-refractivity contribution in [2.45, 2.75) is 32.2 Å². The molecule has 0 bridgehead atoms. The summed E-state index contributed by atoms with van der Waals surface area (Å²) in [5.74, 6) is 0.708. The second-order valence-corrected chi connectivity index (χ2v) is 4.86. The van der Waals surface area contributed by atoms with Crippen LogP contribution in [-0.2, 0) is 0 Å². The second-order valence-electron chi connectivity index (χ2n) is 4.42. The lowest BCUT2D eigenvalue weighted by Gasteiger charge is -2.20. The van der Waals surface area contributed by atoms with Crippen molar-refractivity contribution in [2.75, 3.05) is 5.32 Å². The highest BCUT2D eigenvalue weighted by Gasteiger charge is 2.23. The fourth-order valence-electron chi connectivity index (χ4n) is 2.28. The third kappa shape index (κ3) is 2.32. The van der Waals surface area contributed by atoms with E-state index >= 15 is 0 Å². The van der Waals surface area contributed by atoms with E-state index in [1.54, 1.807) is 6.20 Å². The maximum atomic E-state index is 5.65. The first-order valence-electron chi connectivity index (χ1n) is 5.70. The van der Waals surface area contributed by atoms with Gasteiger partial charge < -0.3 is 11.1 Å². The van der Waals surface area contributed by atoms with E-state index in [0.29, 0.717) is 22.6 Å². The fourth-order valence-corrected chi connectivity index (χ4v) is 2.44. The number of thiocarbonyl (C=S) groups is 1. The minimum absolute atomic E-state index is 0.355. The molecule has 16 heavy (non-hydrogen) atoms. The Kier molecular flexibility index (Phi) is 3.39. The number of hydrogen-bond acceptors (Lipinski definition) is 3. The van der Waals surface area contributed by atoms with Crippen molar-refractivity contribution < 1.29 is 0 Å². The summed E-state index contributed by atoms with van der Waals surface area (Å²) in [7, 11) is 0. The van der Waals surface area contributed by atoms with E-state index in [2.05, 4.69) is 17.2 Å². The van der Waals surface area contributed by atoms with E-state index in [1.165, 1.54) is 19.3 Å². The molecule has 1 aliphatic rings. The van der Waals surface area contributed by atoms with Gasteiger partial charge >= 0.3 is 0 Å². The number of aromatic nitrogens is 1. The molecule has 2 unspecified atom stereocenters. The largest absolute Gasteiger partial charge is 0.388 e. The zero-order chi connectivity index (χ0) is 11.5. The Bertz CT molecular complexity index is 392. The zero-order valence-corrected chi connectivity index (χ0v) is 10.3. The number of hydrogen-bond donors (Lipinski definition) is 2. The Balaban J connectivity index is 2.17. The maximum absolute atomic E-state index is 5.65. The number of nitrogens with one attached hydrogen (secondary N) is 1. The summed E-state index contributed by atoms with van der Waals surface area (Å²) in [6, 6.07) is 4.42. The normalized spacial score (nSPS) is 24.3. The maximum Gasteiger partial charge on any atom is 0.124 e. The quantitative estimate of drug-likeness (QED) is 0.789. The molecule has 1 aliphatic carbocycles. The zero-order valence-electron chi connectivity index (χ0n) is 9.44. The van der Waals surface area contributed by atoms with Gasteiger partial charge in [0.25, 0.3) is 0 Å². The van der Waals surface area contributed by atoms with Crippen LogP contribution in [0, 0.1) is 5.92 Å². The van der Waals surface area contributed by atoms with Crippen molar-refractivity contribution in [3.8, 4) is 0 Å². The highest BCUT2D eigenvalue weighted by Crippen LogP contribution is 2.28. The van der Waals surface area contributed by atoms with Crippen molar-refractivity contribution in [1.82, 2.24) is 4.98 Å². The average molecular weight is 235 g/mol. The van der Waals surface area contributed by atoms with Gasteiger partial charge in [-0.05, 0) is 30.9 Å². The SMILES string of the molecule is CC1CCCC1Nc1cccnc1C(N)=S. The molecule has 0 aromatic carbocycles. The molecule has 3 N–H and O–H groups in total. The lowest BCUT2D eigenvalue weighted by Crippen LogP contribution is -2.24. The Morgan fingerprint density at radius 2 is 2.38 bits per heavy atom. The summed E-state index contributed by atoms with van der Waals surface area (Å²) in [5, 5.41) is 3.51. The Morgan fingerprint density at radius 1 is 1.56 bits per heavy atom. The highest BCUT2D eigenvalue weighted by atomic mass is 32.1. The van der Waals surface area contributed by atoms with Crippen LogP contribution < -0.4 is 11.1 Å². The van der Waals surface area contributed by atoms with Crippen LogP contribution >= 0.6 is 12.2 Å². The van der Waals surface area contributed by atoms with Crippen LogP contribution in [0.25, 0.3) is 0 Å². The summed E-state index contributed by atoms with van der Waals surface area (Å²) in [5.41, 5.74) is 7.32. The molecule has 0 radical (unpaired) electrons. The lowest BCUT2D eigenvalue weighted by molar-refractivity contribution is 0.556. The van der Waals surface area contributed by atoms with Crippen molar-refractivity contribution in [3.63, 3.8) is 0 Å². The molecule has 4 heteroatoms. The molecule has 1 fully saturated rings. The summed E-state index contributed by atoms with van der Waals surface area (Å²) in [6.07, 6.45) is 5.52. The van der Waals surface area contributed by atoms with Gasteiger partial charge in [-0.3, -0.25) is 4.98 Å². The topological polar surface area (TPSA) is 50.9 Å². The molecule has 0 amide bonds. The van der Waals surface area contributed by atoms with E-state index in [1.807, 2.05) is 12.1 Å². The fraction of sp³-hybridized carbons (Fsp3) is 0.500. The van der Waals surface area contributed by atoms with Gasteiger partial charge in [0, 0.05) is 12.2 Å². The number of rotatable bonds is 3. The predicted octanol–water partition coefficient (Wildman–Crippen LogP) is 2.32. The van der Waals surface area contributed by atoms with Gasteiger partial charge in [-0.25, -0.2) is 0 Å². The number of nitrogens with two attached hydrogens (primary N) is 1. The summed E-state index contributed by atoms with van der Waals surface area (Å²) < 4.78 is 0. The van der Waals surface area contributed by atoms with Crippen LogP contribution in [0.5, 0.6) is 0 Å². The second kappa shape index (κ2) is 4.78. The Labute approximate surface area is 101 Å². The molecule has 0 spiro atoms. The molecule has 0 saturated heterocycles. The molecule has 86 valence electrons. The molecule has 1 saturated carbocycles. The number of nitrogens with zero attached hydrogens (tertiary/aromatic N) is 1. The minimum atomic E-state index is 0.355. The van der Waals surface area contributed by atoms with Gasteiger partial charge in [-0.15, -0.1) is 0 Å². The third-order valence-electron chi connectivity index (χ3n) is 3.24. The summed E-state index contributed by atoms with van der Waals surface area (Å²) in [6.45, 7) is 2.28. The first-order valence-corrected chi connectivity index (χ1v) is 6.10. The van der Waals surface area contributed by atoms with Crippen LogP contribution in [-0.4, -0.2) is 16.0 Å². The minimum Gasteiger partial charge on any atom is -0.388 e. The van der Waals surface area contributed by atoms with Gasteiger partial charge in [-0.1, -0.05) is 25.6 Å². The van der Waals surface area contributed by atoms with Gasteiger partial charge in [0.05, 0.1) is 5.69 Å². The van der Waals surface area contributed by atoms with E-state index in [4.69, 9.17) is 18.0 Å². The van der Waals surface area contributed by atoms with Crippen molar-refractivity contribution in [1.29, 1.82) is 0 Å². The number of anilines is 1. The molecule has 1 heterocycles. The summed E-state index contributed by atoms with van der Waals surface area (Å²) >= 11 is 5.00. The highest BCUT2D eigenvalue weighted by molar-refractivity contribution is 7.80. The van der Waals surface area contributed by atoms with Gasteiger partial charge in [-0.2, -0.15) is 0 Å². The van der Waals surface area contributed by atoms with E-state index in [-0.39, 0.29) is 0 Å². The molecule has 3 nitrogen and oxygen atoms in total. The van der Waals surface area contributed by atoms with E-state index < -0.39 is 0 Å². The molecular weight excluding hydrogens is 218 g/mol. The first-order chi connectivity index (χ1) is 7.68. The van der Waals surface area contributed by atoms with Crippen molar-refractivity contribution in [2.24, 2.45) is 11.7 Å². The lowest BCUT2D eigenvalue weighted by atomic mass is 10.1. The van der Waals surface area contributed by atoms with E-state index in [9.17, 15) is 0 Å². The third-order valence-corrected chi connectivity index (χ3v) is 3.44. The van der Waals surface area contributed by atoms with Crippen LogP contribution in [0.15, 0.2) is 18.3 Å². The smallest absolute Gasteiger partial charge is 0.124 e. The molecule has 2 atom stereocenters. The average Bonchev–Trinajstić information content (AvgIpc) is 2.65. The van der Waals surface area contributed by atoms with Crippen LogP contribution in [0.3, 0.4) is 0 Å². The molecule has 1 aromatic heterocycles. The standard InChI is InChI=1S/C12H17N3S/c1-8-4-2-5-9(8)15-10-6-3-7-14-11(10)12(13)16/h3,6-9,15H,2,4-5H2,1H3,(H2,13,16). The Morgan fingerprint density at radius 3 is 3.00 bits per heavy atom. The molecule has 2 rings (SSSR count). The van der Waals surface area contributed by atoms with Gasteiger partial charge in [0.15, 0.2) is 0 Å². The van der Waals surface area contributed by atoms with Crippen molar-refractivity contribution in [3.05, 3.63) is 24.0 Å². The first kappa shape index (κ1) is 11.3.